The molecule has 0 spiro atoms. The first-order valence-corrected chi connectivity index (χ1v) is 12.4. The minimum atomic E-state index is -0.939. The second-order valence-electron chi connectivity index (χ2n) is 10.1. The van der Waals surface area contributed by atoms with Crippen LogP contribution in [0.4, 0.5) is 0 Å². The largest absolute Gasteiger partial charge is 0.497 e. The number of aryl methyl sites for hydroxylation is 1. The lowest BCUT2D eigenvalue weighted by Gasteiger charge is -2.32. The summed E-state index contributed by atoms with van der Waals surface area (Å²) in [4.78, 5) is 33.8. The molecule has 1 aliphatic rings. The lowest BCUT2D eigenvalue weighted by molar-refractivity contribution is -0.124. The fourth-order valence-electron chi connectivity index (χ4n) is 3.93. The minimum Gasteiger partial charge on any atom is -0.497 e. The Morgan fingerprint density at radius 1 is 1.03 bits per heavy atom. The van der Waals surface area contributed by atoms with Crippen molar-refractivity contribution in [2.75, 3.05) is 20.8 Å². The van der Waals surface area contributed by atoms with E-state index in [1.54, 1.807) is 7.11 Å². The molecule has 2 amide bonds. The van der Waals surface area contributed by atoms with Crippen LogP contribution in [-0.4, -0.2) is 72.9 Å². The van der Waals surface area contributed by atoms with Crippen LogP contribution in [0, 0.1) is 0 Å². The van der Waals surface area contributed by atoms with Gasteiger partial charge in [0, 0.05) is 19.5 Å². The van der Waals surface area contributed by atoms with Crippen LogP contribution in [0.5, 0.6) is 5.75 Å². The molecule has 2 N–H and O–H groups in total. The van der Waals surface area contributed by atoms with Gasteiger partial charge in [0.05, 0.1) is 37.1 Å². The number of carbonyl (C=O) groups excluding carboxylic acids is 2. The number of methoxy groups -OCH3 is 2. The van der Waals surface area contributed by atoms with Crippen molar-refractivity contribution in [3.63, 3.8) is 0 Å². The first kappa shape index (κ1) is 28.6. The van der Waals surface area contributed by atoms with Crippen molar-refractivity contribution in [3.8, 4) is 5.75 Å². The van der Waals surface area contributed by atoms with E-state index in [2.05, 4.69) is 20.6 Å². The zero-order valence-electron chi connectivity index (χ0n) is 22.4. The zero-order valence-corrected chi connectivity index (χ0v) is 22.4. The molecule has 0 aliphatic carbocycles. The molecule has 2 unspecified atom stereocenters. The van der Waals surface area contributed by atoms with Crippen LogP contribution >= 0.6 is 0 Å². The summed E-state index contributed by atoms with van der Waals surface area (Å²) >= 11 is 0. The molecule has 0 bridgehead atoms. The van der Waals surface area contributed by atoms with E-state index >= 15 is 0 Å². The number of rotatable bonds is 12. The number of aromatic nitrogens is 2. The molecule has 2 heterocycles. The highest BCUT2D eigenvalue weighted by Gasteiger charge is 2.54. The van der Waals surface area contributed by atoms with Gasteiger partial charge in [-0.2, -0.15) is 0 Å². The van der Waals surface area contributed by atoms with E-state index in [1.165, 1.54) is 25.7 Å². The van der Waals surface area contributed by atoms with Gasteiger partial charge in [0.2, 0.25) is 5.91 Å². The van der Waals surface area contributed by atoms with Gasteiger partial charge in [-0.25, -0.2) is 4.98 Å². The van der Waals surface area contributed by atoms with Crippen molar-refractivity contribution in [2.24, 2.45) is 0 Å². The molecule has 0 radical (unpaired) electrons. The van der Waals surface area contributed by atoms with Gasteiger partial charge in [0.25, 0.3) is 5.91 Å². The maximum Gasteiger partial charge on any atom is 0.481 e. The number of hydrogen-bond donors (Lipinski definition) is 2. The van der Waals surface area contributed by atoms with Crippen LogP contribution in [0.15, 0.2) is 42.9 Å². The van der Waals surface area contributed by atoms with Crippen molar-refractivity contribution >= 4 is 18.9 Å². The van der Waals surface area contributed by atoms with Crippen LogP contribution < -0.4 is 15.4 Å². The Bertz CT molecular complexity index is 1020. The zero-order chi connectivity index (χ0) is 27.1. The molecule has 11 heteroatoms. The quantitative estimate of drug-likeness (QED) is 0.416. The number of ether oxygens (including phenoxy) is 2. The summed E-state index contributed by atoms with van der Waals surface area (Å²) in [5.74, 6) is -0.557. The minimum absolute atomic E-state index is 0.0141. The smallest absolute Gasteiger partial charge is 0.481 e. The number of benzene rings is 1. The van der Waals surface area contributed by atoms with E-state index in [-0.39, 0.29) is 12.3 Å². The van der Waals surface area contributed by atoms with Crippen molar-refractivity contribution < 1.29 is 28.4 Å². The van der Waals surface area contributed by atoms with Crippen molar-refractivity contribution in [2.45, 2.75) is 70.1 Å². The number of hydrogen-bond acceptors (Lipinski definition) is 8. The summed E-state index contributed by atoms with van der Waals surface area (Å²) in [6.07, 6.45) is 6.41. The van der Waals surface area contributed by atoms with Gasteiger partial charge in [-0.05, 0) is 64.7 Å². The second-order valence-corrected chi connectivity index (χ2v) is 10.1. The van der Waals surface area contributed by atoms with E-state index in [0.717, 1.165) is 24.2 Å². The Morgan fingerprint density at radius 3 is 2.27 bits per heavy atom. The molecule has 1 aromatic carbocycles. The predicted molar refractivity (Wildman–Crippen MR) is 139 cm³/mol. The number of nitrogens with zero attached hydrogens (tertiary/aromatic N) is 2. The molecule has 1 aromatic heterocycles. The van der Waals surface area contributed by atoms with E-state index in [4.69, 9.17) is 18.8 Å². The third-order valence-corrected chi connectivity index (χ3v) is 6.82. The number of amides is 2. The maximum atomic E-state index is 13.3. The highest BCUT2D eigenvalue weighted by Crippen LogP contribution is 2.38. The van der Waals surface area contributed by atoms with Crippen LogP contribution in [0.1, 0.15) is 56.6 Å². The molecule has 37 heavy (non-hydrogen) atoms. The molecule has 2 atom stereocenters. The monoisotopic (exact) mass is 512 g/mol. The average Bonchev–Trinajstić information content (AvgIpc) is 3.10. The lowest BCUT2D eigenvalue weighted by Crippen LogP contribution is -2.56. The van der Waals surface area contributed by atoms with Crippen LogP contribution in [0.25, 0.3) is 0 Å². The summed E-state index contributed by atoms with van der Waals surface area (Å²) in [5, 5.41) is 5.72. The molecule has 2 aromatic rings. The van der Waals surface area contributed by atoms with E-state index in [1.807, 2.05) is 52.0 Å². The molecule has 0 saturated carbocycles. The molecule has 3 rings (SSSR count). The molecular formula is C26H37BN4O6. The van der Waals surface area contributed by atoms with Gasteiger partial charge in [0.15, 0.2) is 0 Å². The van der Waals surface area contributed by atoms with Gasteiger partial charge in [-0.3, -0.25) is 14.6 Å². The molecule has 1 fully saturated rings. The van der Waals surface area contributed by atoms with E-state index < -0.39 is 42.1 Å². The van der Waals surface area contributed by atoms with Gasteiger partial charge in [-0.1, -0.05) is 12.1 Å². The Hall–Kier alpha value is -3.02. The van der Waals surface area contributed by atoms with Crippen LogP contribution in [-0.2, 0) is 25.3 Å². The first-order valence-electron chi connectivity index (χ1n) is 12.4. The summed E-state index contributed by atoms with van der Waals surface area (Å²) in [6.45, 7) is 7.87. The maximum absolute atomic E-state index is 13.3. The van der Waals surface area contributed by atoms with Gasteiger partial charge >= 0.3 is 7.12 Å². The Balaban J connectivity index is 1.70. The third-order valence-electron chi connectivity index (χ3n) is 6.82. The Labute approximate surface area is 219 Å². The van der Waals surface area contributed by atoms with Gasteiger partial charge < -0.3 is 29.4 Å². The molecule has 1 saturated heterocycles. The van der Waals surface area contributed by atoms with E-state index in [9.17, 15) is 9.59 Å². The highest BCUT2D eigenvalue weighted by atomic mass is 16.7. The highest BCUT2D eigenvalue weighted by molar-refractivity contribution is 6.48. The Kier molecular flexibility index (Phi) is 9.64. The van der Waals surface area contributed by atoms with Gasteiger partial charge in [-0.15, -0.1) is 0 Å². The summed E-state index contributed by atoms with van der Waals surface area (Å²) < 4.78 is 23.0. The predicted octanol–water partition coefficient (Wildman–Crippen LogP) is 2.37. The summed E-state index contributed by atoms with van der Waals surface area (Å²) in [5.41, 5.74) is 0.164. The number of nitrogens with one attached hydrogen (secondary N) is 2. The van der Waals surface area contributed by atoms with Crippen molar-refractivity contribution in [1.29, 1.82) is 0 Å². The Morgan fingerprint density at radius 2 is 1.70 bits per heavy atom. The molecule has 10 nitrogen and oxygen atoms in total. The molecule has 200 valence electrons. The number of carbonyl (C=O) groups is 2. The lowest BCUT2D eigenvalue weighted by atomic mass is 9.75. The second kappa shape index (κ2) is 12.5. The van der Waals surface area contributed by atoms with Crippen molar-refractivity contribution in [3.05, 3.63) is 54.1 Å². The van der Waals surface area contributed by atoms with Crippen molar-refractivity contribution in [1.82, 2.24) is 20.6 Å². The fraction of sp³-hybridized carbons (Fsp3) is 0.538. The van der Waals surface area contributed by atoms with Crippen LogP contribution in [0.2, 0.25) is 0 Å². The standard InChI is InChI=1S/C26H37BN4O6/c1-25(2)26(3,4)37-27(36-25)22(9-7-8-18-10-12-19(35-6)13-11-18)31-24(33)21(17-34-5)30-23(32)20-16-28-14-15-29-20/h10-16,21-22H,7-9,17H2,1-6H3,(H,30,32)(H,31,33). The first-order chi connectivity index (χ1) is 17.6. The molecular weight excluding hydrogens is 475 g/mol. The fourth-order valence-corrected chi connectivity index (χ4v) is 3.93. The topological polar surface area (TPSA) is 121 Å². The van der Waals surface area contributed by atoms with Crippen LogP contribution in [0.3, 0.4) is 0 Å². The average molecular weight is 512 g/mol. The normalized spacial score (nSPS) is 17.6. The molecule has 1 aliphatic heterocycles. The SMILES string of the molecule is COCC(NC(=O)c1cnccn1)C(=O)NC(CCCc1ccc(OC)cc1)B1OC(C)(C)C(C)(C)O1. The van der Waals surface area contributed by atoms with E-state index in [0.29, 0.717) is 6.42 Å². The summed E-state index contributed by atoms with van der Waals surface area (Å²) in [6, 6.07) is 6.97. The van der Waals surface area contributed by atoms with Gasteiger partial charge in [0.1, 0.15) is 17.5 Å². The third kappa shape index (κ3) is 7.50. The summed E-state index contributed by atoms with van der Waals surface area (Å²) in [7, 11) is 2.46.